The van der Waals surface area contributed by atoms with Gasteiger partial charge in [0.1, 0.15) is 5.75 Å². The molecule has 0 saturated carbocycles. The summed E-state index contributed by atoms with van der Waals surface area (Å²) < 4.78 is 7.20. The van der Waals surface area contributed by atoms with E-state index >= 15 is 0 Å². The fourth-order valence-electron chi connectivity index (χ4n) is 4.71. The van der Waals surface area contributed by atoms with E-state index in [1.54, 1.807) is 11.6 Å². The van der Waals surface area contributed by atoms with Crippen molar-refractivity contribution in [3.8, 4) is 5.75 Å². The Bertz CT molecular complexity index is 1140. The minimum Gasteiger partial charge on any atom is -0.496 e. The number of ether oxygens (including phenoxy) is 1. The third kappa shape index (κ3) is 6.48. The quantitative estimate of drug-likeness (QED) is 0.463. The van der Waals surface area contributed by atoms with Gasteiger partial charge in [-0.05, 0) is 63.7 Å². The summed E-state index contributed by atoms with van der Waals surface area (Å²) in [5, 5.41) is 7.55. The molecule has 0 bridgehead atoms. The number of benzene rings is 1. The molecule has 0 radical (unpaired) electrons. The zero-order valence-corrected chi connectivity index (χ0v) is 21.6. The molecule has 3 heterocycles. The molecule has 9 nitrogen and oxygen atoms in total. The van der Waals surface area contributed by atoms with Gasteiger partial charge >= 0.3 is 0 Å². The second-order valence-electron chi connectivity index (χ2n) is 9.04. The highest BCUT2D eigenvalue weighted by Crippen LogP contribution is 2.23. The van der Waals surface area contributed by atoms with E-state index in [4.69, 9.17) is 10.5 Å². The minimum absolute atomic E-state index is 0. The van der Waals surface area contributed by atoms with Gasteiger partial charge in [-0.3, -0.25) is 9.69 Å². The van der Waals surface area contributed by atoms with Crippen LogP contribution in [0.1, 0.15) is 47.6 Å². The Kier molecular flexibility index (Phi) is 9.42. The molecule has 0 aliphatic carbocycles. The summed E-state index contributed by atoms with van der Waals surface area (Å²) in [4.78, 5) is 23.9. The van der Waals surface area contributed by atoms with Crippen LogP contribution in [0.4, 0.5) is 0 Å². The van der Waals surface area contributed by atoms with Gasteiger partial charge in [0.05, 0.1) is 13.7 Å². The number of rotatable bonds is 9. The van der Waals surface area contributed by atoms with Crippen LogP contribution >= 0.6 is 12.4 Å². The van der Waals surface area contributed by atoms with Gasteiger partial charge in [0, 0.05) is 36.5 Å². The maximum absolute atomic E-state index is 12.6. The van der Waals surface area contributed by atoms with Crippen molar-refractivity contribution >= 4 is 24.1 Å². The Morgan fingerprint density at radius 1 is 1.20 bits per heavy atom. The van der Waals surface area contributed by atoms with E-state index in [-0.39, 0.29) is 24.9 Å². The average Bonchev–Trinajstić information content (AvgIpc) is 3.27. The molecular weight excluding hydrogens is 466 g/mol. The van der Waals surface area contributed by atoms with Crippen LogP contribution in [0.2, 0.25) is 0 Å². The molecule has 4 rings (SSSR count). The molecule has 10 heteroatoms. The first-order chi connectivity index (χ1) is 16.5. The molecule has 1 aliphatic heterocycles. The summed E-state index contributed by atoms with van der Waals surface area (Å²) in [5.41, 5.74) is 9.77. The van der Waals surface area contributed by atoms with Gasteiger partial charge in [-0.15, -0.1) is 17.5 Å². The maximum atomic E-state index is 12.6. The molecule has 35 heavy (non-hydrogen) atoms. The van der Waals surface area contributed by atoms with Crippen molar-refractivity contribution in [1.82, 2.24) is 29.8 Å². The Hall–Kier alpha value is -2.75. The second-order valence-corrected chi connectivity index (χ2v) is 9.04. The lowest BCUT2D eigenvalue weighted by atomic mass is 9.96. The van der Waals surface area contributed by atoms with Crippen LogP contribution in [-0.4, -0.2) is 57.1 Å². The predicted octanol–water partition coefficient (Wildman–Crippen LogP) is 2.59. The lowest BCUT2D eigenvalue weighted by molar-refractivity contribution is -0.121. The smallest absolute Gasteiger partial charge is 0.252 e. The number of nitrogens with one attached hydrogen (secondary N) is 1. The molecule has 1 aliphatic rings. The number of aromatic nitrogens is 4. The van der Waals surface area contributed by atoms with Crippen molar-refractivity contribution in [1.29, 1.82) is 0 Å². The third-order valence-electron chi connectivity index (χ3n) is 6.76. The van der Waals surface area contributed by atoms with Gasteiger partial charge in [-0.2, -0.15) is 4.98 Å². The maximum Gasteiger partial charge on any atom is 0.252 e. The molecular formula is C25H36ClN7O2. The lowest BCUT2D eigenvalue weighted by Crippen LogP contribution is -2.38. The van der Waals surface area contributed by atoms with Crippen LogP contribution in [-0.2, 0) is 24.3 Å². The molecule has 0 spiro atoms. The number of amides is 1. The molecule has 1 aromatic carbocycles. The van der Waals surface area contributed by atoms with E-state index in [1.165, 1.54) is 5.56 Å². The number of piperidine rings is 1. The third-order valence-corrected chi connectivity index (χ3v) is 6.76. The van der Waals surface area contributed by atoms with Crippen LogP contribution in [0.15, 0.2) is 24.3 Å². The number of nitrogens with two attached hydrogens (primary N) is 1. The molecule has 0 atom stereocenters. The number of para-hydroxylation sites is 1. The monoisotopic (exact) mass is 501 g/mol. The van der Waals surface area contributed by atoms with Crippen molar-refractivity contribution in [2.45, 2.75) is 52.6 Å². The van der Waals surface area contributed by atoms with Gasteiger partial charge in [-0.1, -0.05) is 18.2 Å². The summed E-state index contributed by atoms with van der Waals surface area (Å²) in [5.74, 6) is 2.67. The molecule has 1 fully saturated rings. The van der Waals surface area contributed by atoms with Crippen molar-refractivity contribution in [2.24, 2.45) is 11.7 Å². The van der Waals surface area contributed by atoms with E-state index in [9.17, 15) is 4.79 Å². The number of carbonyl (C=O) groups is 1. The Balaban J connectivity index is 0.00000342. The number of halogens is 1. The lowest BCUT2D eigenvalue weighted by Gasteiger charge is -2.32. The molecule has 3 N–H and O–H groups in total. The van der Waals surface area contributed by atoms with E-state index in [2.05, 4.69) is 37.4 Å². The zero-order valence-electron chi connectivity index (χ0n) is 20.8. The Labute approximate surface area is 212 Å². The number of carbonyl (C=O) groups excluding carboxylic acids is 1. The number of likely N-dealkylation sites (tertiary alicyclic amines) is 1. The van der Waals surface area contributed by atoms with Crippen LogP contribution in [0.5, 0.6) is 5.75 Å². The van der Waals surface area contributed by atoms with Crippen molar-refractivity contribution in [3.05, 3.63) is 52.6 Å². The summed E-state index contributed by atoms with van der Waals surface area (Å²) in [6.45, 7) is 7.92. The van der Waals surface area contributed by atoms with Crippen LogP contribution in [0.3, 0.4) is 0 Å². The summed E-state index contributed by atoms with van der Waals surface area (Å²) in [6, 6.07) is 8.20. The molecule has 1 saturated heterocycles. The fourth-order valence-corrected chi connectivity index (χ4v) is 4.71. The van der Waals surface area contributed by atoms with Crippen molar-refractivity contribution < 1.29 is 9.53 Å². The second kappa shape index (κ2) is 12.3. The summed E-state index contributed by atoms with van der Waals surface area (Å²) in [7, 11) is 1.72. The Morgan fingerprint density at radius 2 is 1.94 bits per heavy atom. The molecule has 0 unspecified atom stereocenters. The topological polar surface area (TPSA) is 111 Å². The van der Waals surface area contributed by atoms with Crippen LogP contribution < -0.4 is 15.8 Å². The van der Waals surface area contributed by atoms with E-state index in [0.717, 1.165) is 61.7 Å². The molecule has 1 amide bonds. The van der Waals surface area contributed by atoms with Gasteiger partial charge in [0.15, 0.2) is 5.82 Å². The number of methoxy groups -OCH3 is 1. The first kappa shape index (κ1) is 26.8. The predicted molar refractivity (Wildman–Crippen MR) is 138 cm³/mol. The van der Waals surface area contributed by atoms with Crippen LogP contribution in [0.25, 0.3) is 5.78 Å². The standard InChI is InChI=1S/C25H35N7O2.ClH/c1-17-21(18(2)32-25(28-17)29-23(14-26)30-32)8-9-24(33)27-15-19-10-12-31(13-11-19)16-20-6-4-5-7-22(20)34-3;/h4-7,19H,8-16,26H2,1-3H3,(H,27,33);1H. The molecule has 3 aromatic rings. The SMILES string of the molecule is COc1ccccc1CN1CCC(CNC(=O)CCc2c(C)nc3nc(CN)nn3c2C)CC1.Cl. The van der Waals surface area contributed by atoms with Crippen LogP contribution in [0, 0.1) is 19.8 Å². The van der Waals surface area contributed by atoms with Crippen molar-refractivity contribution in [2.75, 3.05) is 26.7 Å². The minimum atomic E-state index is 0. The number of fused-ring (bicyclic) bond motifs is 1. The highest BCUT2D eigenvalue weighted by atomic mass is 35.5. The highest BCUT2D eigenvalue weighted by Gasteiger charge is 2.21. The number of hydrogen-bond acceptors (Lipinski definition) is 7. The molecule has 190 valence electrons. The zero-order chi connectivity index (χ0) is 24.1. The first-order valence-corrected chi connectivity index (χ1v) is 12.0. The highest BCUT2D eigenvalue weighted by molar-refractivity contribution is 5.85. The Morgan fingerprint density at radius 3 is 2.66 bits per heavy atom. The normalized spacial score (nSPS) is 14.6. The summed E-state index contributed by atoms with van der Waals surface area (Å²) in [6.07, 6.45) is 3.23. The van der Waals surface area contributed by atoms with Crippen molar-refractivity contribution in [3.63, 3.8) is 0 Å². The van der Waals surface area contributed by atoms with Gasteiger partial charge in [0.2, 0.25) is 5.91 Å². The fraction of sp³-hybridized carbons (Fsp3) is 0.520. The van der Waals surface area contributed by atoms with Gasteiger partial charge < -0.3 is 15.8 Å². The molecule has 2 aromatic heterocycles. The van der Waals surface area contributed by atoms with Gasteiger partial charge in [0.25, 0.3) is 5.78 Å². The average molecular weight is 502 g/mol. The number of hydrogen-bond donors (Lipinski definition) is 2. The number of aryl methyl sites for hydroxylation is 2. The van der Waals surface area contributed by atoms with E-state index < -0.39 is 0 Å². The van der Waals surface area contributed by atoms with Gasteiger partial charge in [-0.25, -0.2) is 9.50 Å². The largest absolute Gasteiger partial charge is 0.496 e. The van der Waals surface area contributed by atoms with E-state index in [1.807, 2.05) is 26.0 Å². The first-order valence-electron chi connectivity index (χ1n) is 12.0. The van der Waals surface area contributed by atoms with E-state index in [0.29, 0.717) is 30.4 Å². The summed E-state index contributed by atoms with van der Waals surface area (Å²) >= 11 is 0. The number of nitrogens with zero attached hydrogens (tertiary/aromatic N) is 5.